The Hall–Kier alpha value is -2.91. The molecular formula is C23H24BrN3O5. The van der Waals surface area contributed by atoms with Crippen LogP contribution in [0.4, 0.5) is 4.79 Å². The second kappa shape index (κ2) is 10.1. The highest BCUT2D eigenvalue weighted by Crippen LogP contribution is 2.30. The van der Waals surface area contributed by atoms with Gasteiger partial charge in [-0.3, -0.25) is 0 Å². The maximum absolute atomic E-state index is 12.2. The highest BCUT2D eigenvalue weighted by molar-refractivity contribution is 9.10. The molecule has 1 aromatic heterocycles. The lowest BCUT2D eigenvalue weighted by atomic mass is 10.1. The fourth-order valence-corrected chi connectivity index (χ4v) is 4.11. The largest absolute Gasteiger partial charge is 0.480 e. The van der Waals surface area contributed by atoms with Gasteiger partial charge >= 0.3 is 12.1 Å². The summed E-state index contributed by atoms with van der Waals surface area (Å²) < 4.78 is 13.8. The smallest absolute Gasteiger partial charge is 0.408 e. The van der Waals surface area contributed by atoms with Crippen molar-refractivity contribution in [2.24, 2.45) is 0 Å². The summed E-state index contributed by atoms with van der Waals surface area (Å²) in [6.45, 7) is 0.728. The van der Waals surface area contributed by atoms with Gasteiger partial charge in [-0.1, -0.05) is 46.3 Å². The van der Waals surface area contributed by atoms with Crippen molar-refractivity contribution in [3.63, 3.8) is 0 Å². The third-order valence-electron chi connectivity index (χ3n) is 5.37. The Morgan fingerprint density at radius 2 is 2.06 bits per heavy atom. The minimum Gasteiger partial charge on any atom is -0.480 e. The van der Waals surface area contributed by atoms with E-state index in [0.717, 1.165) is 40.2 Å². The van der Waals surface area contributed by atoms with Gasteiger partial charge in [-0.25, -0.2) is 14.3 Å². The van der Waals surface area contributed by atoms with Crippen molar-refractivity contribution in [3.05, 3.63) is 64.3 Å². The summed E-state index contributed by atoms with van der Waals surface area (Å²) >= 11 is 3.49. The molecule has 1 aliphatic heterocycles. The number of carboxylic acid groups (broad SMARTS) is 1. The van der Waals surface area contributed by atoms with E-state index in [1.54, 1.807) is 0 Å². The number of hydrogen-bond acceptors (Lipinski definition) is 5. The predicted octanol–water partition coefficient (Wildman–Crippen LogP) is 4.42. The number of nitrogens with one attached hydrogen (secondary N) is 1. The van der Waals surface area contributed by atoms with Gasteiger partial charge in [-0.05, 0) is 43.0 Å². The van der Waals surface area contributed by atoms with Crippen LogP contribution in [0.25, 0.3) is 10.9 Å². The van der Waals surface area contributed by atoms with E-state index in [1.165, 1.54) is 0 Å². The van der Waals surface area contributed by atoms with Gasteiger partial charge in [0.2, 0.25) is 0 Å². The molecule has 8 nitrogen and oxygen atoms in total. The molecule has 2 atom stereocenters. The van der Waals surface area contributed by atoms with E-state index < -0.39 is 18.1 Å². The molecule has 32 heavy (non-hydrogen) atoms. The SMILES string of the molecule is O=C(NC(Cc1nn(C2CCCCO2)c2cc(Br)ccc12)C(=O)O)OCc1ccccc1. The van der Waals surface area contributed by atoms with Crippen LogP contribution in [0.1, 0.15) is 36.7 Å². The fraction of sp³-hybridized carbons (Fsp3) is 0.348. The van der Waals surface area contributed by atoms with Gasteiger partial charge in [0.05, 0.1) is 11.2 Å². The van der Waals surface area contributed by atoms with E-state index in [9.17, 15) is 14.7 Å². The predicted molar refractivity (Wildman–Crippen MR) is 121 cm³/mol. The van der Waals surface area contributed by atoms with Crippen molar-refractivity contribution >= 4 is 38.9 Å². The number of carbonyl (C=O) groups is 2. The Morgan fingerprint density at radius 3 is 2.78 bits per heavy atom. The lowest BCUT2D eigenvalue weighted by Gasteiger charge is -2.23. The number of aromatic nitrogens is 2. The van der Waals surface area contributed by atoms with Crippen molar-refractivity contribution in [2.45, 2.75) is 44.6 Å². The number of nitrogens with zero attached hydrogens (tertiary/aromatic N) is 2. The van der Waals surface area contributed by atoms with Gasteiger partial charge in [0, 0.05) is 22.9 Å². The highest BCUT2D eigenvalue weighted by Gasteiger charge is 2.26. The topological polar surface area (TPSA) is 103 Å². The third-order valence-corrected chi connectivity index (χ3v) is 5.87. The van der Waals surface area contributed by atoms with Crippen LogP contribution in [-0.4, -0.2) is 39.6 Å². The number of alkyl carbamates (subject to hydrolysis) is 1. The quantitative estimate of drug-likeness (QED) is 0.496. The number of carbonyl (C=O) groups excluding carboxylic acids is 1. The molecule has 2 unspecified atom stereocenters. The molecule has 2 heterocycles. The van der Waals surface area contributed by atoms with Crippen molar-refractivity contribution in [2.75, 3.05) is 6.61 Å². The zero-order valence-corrected chi connectivity index (χ0v) is 19.0. The number of aliphatic carboxylic acids is 1. The molecule has 0 bridgehead atoms. The Morgan fingerprint density at radius 1 is 1.25 bits per heavy atom. The molecule has 2 aromatic carbocycles. The van der Waals surface area contributed by atoms with E-state index >= 15 is 0 Å². The Kier molecular flexibility index (Phi) is 7.06. The molecule has 0 spiro atoms. The van der Waals surface area contributed by atoms with Crippen molar-refractivity contribution in [1.29, 1.82) is 0 Å². The average Bonchev–Trinajstić information content (AvgIpc) is 3.16. The standard InChI is InChI=1S/C23H24BrN3O5/c24-16-9-10-17-18(26-27(20(17)12-16)21-8-4-5-11-31-21)13-19(22(28)29)25-23(30)32-14-15-6-2-1-3-7-15/h1-3,6-7,9-10,12,19,21H,4-5,8,11,13-14H2,(H,25,30)(H,28,29). The molecule has 1 saturated heterocycles. The Bertz CT molecular complexity index is 1100. The Balaban J connectivity index is 1.51. The number of ether oxygens (including phenoxy) is 2. The van der Waals surface area contributed by atoms with Crippen LogP contribution < -0.4 is 5.32 Å². The monoisotopic (exact) mass is 501 g/mol. The number of hydrogen-bond donors (Lipinski definition) is 2. The molecule has 0 saturated carbocycles. The van der Waals surface area contributed by atoms with E-state index in [2.05, 4.69) is 21.2 Å². The maximum Gasteiger partial charge on any atom is 0.408 e. The van der Waals surface area contributed by atoms with Gasteiger partial charge in [0.1, 0.15) is 12.6 Å². The van der Waals surface area contributed by atoms with Crippen LogP contribution in [0.15, 0.2) is 53.0 Å². The number of benzene rings is 2. The summed E-state index contributed by atoms with van der Waals surface area (Å²) in [6, 6.07) is 13.7. The molecule has 168 valence electrons. The summed E-state index contributed by atoms with van der Waals surface area (Å²) in [7, 11) is 0. The van der Waals surface area contributed by atoms with Crippen molar-refractivity contribution in [3.8, 4) is 0 Å². The van der Waals surface area contributed by atoms with Gasteiger partial charge < -0.3 is 19.9 Å². The minimum absolute atomic E-state index is 0.0215. The van der Waals surface area contributed by atoms with E-state index in [0.29, 0.717) is 12.3 Å². The molecule has 1 aliphatic rings. The second-order valence-corrected chi connectivity index (χ2v) is 8.59. The maximum atomic E-state index is 12.2. The highest BCUT2D eigenvalue weighted by atomic mass is 79.9. The summed E-state index contributed by atoms with van der Waals surface area (Å²) in [5.41, 5.74) is 2.26. The van der Waals surface area contributed by atoms with Crippen molar-refractivity contribution < 1.29 is 24.2 Å². The molecule has 1 fully saturated rings. The first-order valence-electron chi connectivity index (χ1n) is 10.5. The summed E-state index contributed by atoms with van der Waals surface area (Å²) in [4.78, 5) is 24.1. The van der Waals surface area contributed by atoms with Gasteiger partial charge in [0.25, 0.3) is 0 Å². The first kappa shape index (κ1) is 22.3. The molecule has 0 radical (unpaired) electrons. The van der Waals surface area contributed by atoms with Gasteiger partial charge in [-0.2, -0.15) is 5.10 Å². The second-order valence-electron chi connectivity index (χ2n) is 7.67. The molecule has 0 aliphatic carbocycles. The van der Waals surface area contributed by atoms with Gasteiger partial charge in [0.15, 0.2) is 6.23 Å². The minimum atomic E-state index is -1.18. The van der Waals surface area contributed by atoms with E-state index in [4.69, 9.17) is 14.6 Å². The lowest BCUT2D eigenvalue weighted by molar-refractivity contribution is -0.139. The number of rotatable bonds is 7. The van der Waals surface area contributed by atoms with Crippen LogP contribution in [-0.2, 0) is 27.3 Å². The Labute approximate surface area is 193 Å². The molecular weight excluding hydrogens is 478 g/mol. The van der Waals surface area contributed by atoms with Crippen molar-refractivity contribution in [1.82, 2.24) is 15.1 Å². The molecule has 2 N–H and O–H groups in total. The molecule has 1 amide bonds. The number of halogens is 1. The van der Waals surface area contributed by atoms with Crippen LogP contribution in [0.3, 0.4) is 0 Å². The van der Waals surface area contributed by atoms with Crippen LogP contribution in [0, 0.1) is 0 Å². The molecule has 4 rings (SSSR count). The zero-order chi connectivity index (χ0) is 22.5. The molecule has 3 aromatic rings. The zero-order valence-electron chi connectivity index (χ0n) is 17.4. The van der Waals surface area contributed by atoms with E-state index in [1.807, 2.05) is 53.2 Å². The normalized spacial score (nSPS) is 17.1. The summed E-state index contributed by atoms with van der Waals surface area (Å²) in [6.07, 6.45) is 1.94. The lowest BCUT2D eigenvalue weighted by Crippen LogP contribution is -2.42. The van der Waals surface area contributed by atoms with Gasteiger partial charge in [-0.15, -0.1) is 0 Å². The average molecular weight is 502 g/mol. The summed E-state index contributed by atoms with van der Waals surface area (Å²) in [5.74, 6) is -1.16. The van der Waals surface area contributed by atoms with Crippen LogP contribution in [0.2, 0.25) is 0 Å². The number of carboxylic acids is 1. The first-order chi connectivity index (χ1) is 15.5. The van der Waals surface area contributed by atoms with Crippen LogP contribution in [0.5, 0.6) is 0 Å². The first-order valence-corrected chi connectivity index (χ1v) is 11.3. The summed E-state index contributed by atoms with van der Waals surface area (Å²) in [5, 5.41) is 17.7. The third kappa shape index (κ3) is 5.28. The number of fused-ring (bicyclic) bond motifs is 1. The fourth-order valence-electron chi connectivity index (χ4n) is 3.76. The van der Waals surface area contributed by atoms with Crippen LogP contribution >= 0.6 is 15.9 Å². The number of amides is 1. The molecule has 9 heteroatoms. The van der Waals surface area contributed by atoms with E-state index in [-0.39, 0.29) is 19.3 Å².